The Kier molecular flexibility index (Phi) is 5.96. The molecule has 150 valence electrons. The van der Waals surface area contributed by atoms with E-state index in [1.807, 2.05) is 38.1 Å². The number of likely N-dealkylation sites (tertiary alicyclic amines) is 1. The maximum Gasteiger partial charge on any atom is 0.288 e. The van der Waals surface area contributed by atoms with Crippen LogP contribution in [0.4, 0.5) is 0 Å². The summed E-state index contributed by atoms with van der Waals surface area (Å²) in [5.41, 5.74) is 1.84. The average molecular weight is 383 g/mol. The Morgan fingerprint density at radius 2 is 1.71 bits per heavy atom. The molecule has 6 heteroatoms. The Balaban J connectivity index is 2.08. The fraction of sp³-hybridized carbons (Fsp3) is 0.545. The first kappa shape index (κ1) is 20.2. The van der Waals surface area contributed by atoms with Crippen molar-refractivity contribution in [2.45, 2.75) is 51.5 Å². The maximum atomic E-state index is 13.5. The number of ketones is 1. The lowest BCUT2D eigenvalue weighted by Crippen LogP contribution is -2.49. The molecule has 0 saturated carbocycles. The number of fused-ring (bicyclic) bond motifs is 1. The molecule has 1 unspecified atom stereocenters. The van der Waals surface area contributed by atoms with Crippen LogP contribution in [0.5, 0.6) is 0 Å². The van der Waals surface area contributed by atoms with Crippen molar-refractivity contribution in [1.82, 2.24) is 10.2 Å². The fourth-order valence-corrected chi connectivity index (χ4v) is 4.12. The molecule has 0 radical (unpaired) electrons. The lowest BCUT2D eigenvalue weighted by Gasteiger charge is -2.33. The monoisotopic (exact) mass is 383 g/mol. The predicted octanol–water partition coefficient (Wildman–Crippen LogP) is 2.14. The van der Waals surface area contributed by atoms with Crippen molar-refractivity contribution in [1.29, 1.82) is 0 Å². The summed E-state index contributed by atoms with van der Waals surface area (Å²) in [5, 5.41) is 2.38. The second-order valence-electron chi connectivity index (χ2n) is 8.26. The highest BCUT2D eigenvalue weighted by Gasteiger charge is 2.42. The smallest absolute Gasteiger partial charge is 0.288 e. The van der Waals surface area contributed by atoms with Gasteiger partial charge in [0.05, 0.1) is 11.3 Å². The number of carbonyl (C=O) groups excluding carboxylic acids is 3. The molecule has 1 aromatic carbocycles. The molecule has 1 fully saturated rings. The Hall–Kier alpha value is -2.50. The molecule has 2 aliphatic rings. The van der Waals surface area contributed by atoms with Crippen LogP contribution in [0.3, 0.4) is 0 Å². The van der Waals surface area contributed by atoms with Gasteiger partial charge in [-0.2, -0.15) is 0 Å². The van der Waals surface area contributed by atoms with E-state index in [1.165, 1.54) is 7.05 Å². The van der Waals surface area contributed by atoms with Crippen LogP contribution in [0, 0.1) is 5.92 Å². The van der Waals surface area contributed by atoms with Crippen LogP contribution in [0.1, 0.15) is 50.7 Å². The maximum absolute atomic E-state index is 13.5. The Bertz CT molecular complexity index is 805. The van der Waals surface area contributed by atoms with E-state index in [0.717, 1.165) is 43.2 Å². The van der Waals surface area contributed by atoms with Gasteiger partial charge >= 0.3 is 0 Å². The second-order valence-corrected chi connectivity index (χ2v) is 8.26. The van der Waals surface area contributed by atoms with Crippen molar-refractivity contribution >= 4 is 23.3 Å². The number of nitrogens with zero attached hydrogens (tertiary/aromatic N) is 2. The van der Waals surface area contributed by atoms with Crippen LogP contribution >= 0.6 is 0 Å². The third-order valence-corrected chi connectivity index (χ3v) is 5.49. The first-order valence-corrected chi connectivity index (χ1v) is 10.1. The molecule has 28 heavy (non-hydrogen) atoms. The summed E-state index contributed by atoms with van der Waals surface area (Å²) in [7, 11) is 1.41. The molecule has 3 rings (SSSR count). The first-order chi connectivity index (χ1) is 13.3. The molecule has 2 aliphatic heterocycles. The summed E-state index contributed by atoms with van der Waals surface area (Å²) < 4.78 is 0. The minimum atomic E-state index is -1.20. The SMILES string of the molecule is CNC(=O)C(=O)C(C(=O)N1CCCCCC1)C1=NC(C)(C)Cc2ccccc21. The molecular formula is C22H29N3O3. The van der Waals surface area contributed by atoms with Gasteiger partial charge in [-0.25, -0.2) is 0 Å². The molecule has 1 aromatic rings. The van der Waals surface area contributed by atoms with E-state index in [-0.39, 0.29) is 5.91 Å². The number of Topliss-reactive ketones (excluding diaryl/α,β-unsaturated/α-hetero) is 1. The summed E-state index contributed by atoms with van der Waals surface area (Å²) in [6.45, 7) is 5.21. The minimum absolute atomic E-state index is 0.304. The number of hydrogen-bond donors (Lipinski definition) is 1. The van der Waals surface area contributed by atoms with Gasteiger partial charge in [-0.1, -0.05) is 37.1 Å². The Morgan fingerprint density at radius 3 is 2.36 bits per heavy atom. The lowest BCUT2D eigenvalue weighted by atomic mass is 9.81. The molecule has 2 amide bonds. The van der Waals surface area contributed by atoms with E-state index >= 15 is 0 Å². The average Bonchev–Trinajstić information content (AvgIpc) is 2.96. The standard InChI is InChI=1S/C22H29N3O3/c1-22(2)14-15-10-6-7-11-16(15)18(24-22)17(19(26)20(27)23-3)21(28)25-12-8-4-5-9-13-25/h6-7,10-11,17H,4-5,8-9,12-14H2,1-3H3,(H,23,27). The molecule has 1 N–H and O–H groups in total. The molecule has 0 bridgehead atoms. The molecule has 6 nitrogen and oxygen atoms in total. The number of carbonyl (C=O) groups is 3. The number of amides is 2. The molecule has 2 heterocycles. The molecule has 0 aromatic heterocycles. The summed E-state index contributed by atoms with van der Waals surface area (Å²) >= 11 is 0. The molecule has 0 spiro atoms. The quantitative estimate of drug-likeness (QED) is 0.639. The van der Waals surface area contributed by atoms with E-state index in [0.29, 0.717) is 18.8 Å². The zero-order chi connectivity index (χ0) is 20.3. The van der Waals surface area contributed by atoms with Crippen molar-refractivity contribution in [2.24, 2.45) is 10.9 Å². The second kappa shape index (κ2) is 8.25. The van der Waals surface area contributed by atoms with Gasteiger partial charge in [0.15, 0.2) is 0 Å². The van der Waals surface area contributed by atoms with Crippen molar-refractivity contribution in [3.63, 3.8) is 0 Å². The number of aliphatic imine (C=N–C) groups is 1. The van der Waals surface area contributed by atoms with Gasteiger partial charge in [0.25, 0.3) is 5.91 Å². The van der Waals surface area contributed by atoms with Gasteiger partial charge in [0.2, 0.25) is 11.7 Å². The summed E-state index contributed by atoms with van der Waals surface area (Å²) in [5.74, 6) is -2.99. The van der Waals surface area contributed by atoms with Gasteiger partial charge < -0.3 is 10.2 Å². The van der Waals surface area contributed by atoms with Crippen LogP contribution < -0.4 is 5.32 Å². The van der Waals surface area contributed by atoms with E-state index < -0.39 is 23.1 Å². The zero-order valence-electron chi connectivity index (χ0n) is 17.0. The third kappa shape index (κ3) is 4.16. The lowest BCUT2D eigenvalue weighted by molar-refractivity contribution is -0.145. The van der Waals surface area contributed by atoms with Gasteiger partial charge in [-0.05, 0) is 38.7 Å². The normalized spacial score (nSPS) is 19.7. The van der Waals surface area contributed by atoms with E-state index in [4.69, 9.17) is 4.99 Å². The Morgan fingerprint density at radius 1 is 1.07 bits per heavy atom. The third-order valence-electron chi connectivity index (χ3n) is 5.49. The van der Waals surface area contributed by atoms with Gasteiger partial charge in [-0.15, -0.1) is 0 Å². The highest BCUT2D eigenvalue weighted by molar-refractivity contribution is 6.47. The Labute approximate surface area is 166 Å². The van der Waals surface area contributed by atoms with Crippen molar-refractivity contribution in [3.05, 3.63) is 35.4 Å². The largest absolute Gasteiger partial charge is 0.353 e. The van der Waals surface area contributed by atoms with Gasteiger partial charge in [0.1, 0.15) is 5.92 Å². The zero-order valence-corrected chi connectivity index (χ0v) is 17.0. The highest BCUT2D eigenvalue weighted by Crippen LogP contribution is 2.30. The van der Waals surface area contributed by atoms with Crippen LogP contribution in [0.2, 0.25) is 0 Å². The summed E-state index contributed by atoms with van der Waals surface area (Å²) in [6.07, 6.45) is 4.72. The molecule has 1 saturated heterocycles. The molecule has 0 aliphatic carbocycles. The van der Waals surface area contributed by atoms with E-state index in [2.05, 4.69) is 5.32 Å². The number of nitrogens with one attached hydrogen (secondary N) is 1. The first-order valence-electron chi connectivity index (χ1n) is 10.1. The van der Waals surface area contributed by atoms with Crippen LogP contribution in [-0.4, -0.2) is 53.9 Å². The number of benzene rings is 1. The summed E-state index contributed by atoms with van der Waals surface area (Å²) in [4.78, 5) is 45.3. The number of rotatable bonds is 4. The molecule has 1 atom stereocenters. The van der Waals surface area contributed by atoms with Crippen LogP contribution in [-0.2, 0) is 20.8 Å². The van der Waals surface area contributed by atoms with E-state index in [1.54, 1.807) is 4.90 Å². The highest BCUT2D eigenvalue weighted by atomic mass is 16.2. The van der Waals surface area contributed by atoms with Crippen molar-refractivity contribution in [2.75, 3.05) is 20.1 Å². The summed E-state index contributed by atoms with van der Waals surface area (Å²) in [6, 6.07) is 7.72. The minimum Gasteiger partial charge on any atom is -0.353 e. The van der Waals surface area contributed by atoms with Crippen molar-refractivity contribution in [3.8, 4) is 0 Å². The number of hydrogen-bond acceptors (Lipinski definition) is 4. The van der Waals surface area contributed by atoms with Crippen LogP contribution in [0.15, 0.2) is 29.3 Å². The molecular weight excluding hydrogens is 354 g/mol. The predicted molar refractivity (Wildman–Crippen MR) is 108 cm³/mol. The fourth-order valence-electron chi connectivity index (χ4n) is 4.12. The van der Waals surface area contributed by atoms with Gasteiger partial charge in [-0.3, -0.25) is 19.4 Å². The topological polar surface area (TPSA) is 78.8 Å². The van der Waals surface area contributed by atoms with Crippen LogP contribution in [0.25, 0.3) is 0 Å². The van der Waals surface area contributed by atoms with Gasteiger partial charge in [0, 0.05) is 25.7 Å². The van der Waals surface area contributed by atoms with E-state index in [9.17, 15) is 14.4 Å². The van der Waals surface area contributed by atoms with Crippen molar-refractivity contribution < 1.29 is 14.4 Å². The number of likely N-dealkylation sites (N-methyl/N-ethyl adjacent to an activating group) is 1.